The SMILES string of the molecule is CN1C(=O)C(c2ccnc(CF)c2)(c2cc(-c3ccsc3)c(F)cc2F)N=C1N. The standard InChI is InChI=1S/C20H15F3N4OS/c1-27-18(28)20(26-19(27)24,12-2-4-25-13(6-12)9-21)15-7-14(11-3-5-29-10-11)16(22)8-17(15)23/h2-8,10H,9H2,1H3,(H2,24,26). The van der Waals surface area contributed by atoms with Crippen LogP contribution >= 0.6 is 11.3 Å². The molecule has 0 radical (unpaired) electrons. The fraction of sp³-hybridized carbons (Fsp3) is 0.150. The minimum Gasteiger partial charge on any atom is -0.369 e. The topological polar surface area (TPSA) is 71.6 Å². The largest absolute Gasteiger partial charge is 0.369 e. The predicted molar refractivity (Wildman–Crippen MR) is 104 cm³/mol. The molecule has 0 saturated heterocycles. The molecule has 1 unspecified atom stereocenters. The van der Waals surface area contributed by atoms with Crippen LogP contribution in [0.5, 0.6) is 0 Å². The van der Waals surface area contributed by atoms with E-state index in [0.29, 0.717) is 5.56 Å². The van der Waals surface area contributed by atoms with E-state index in [1.165, 1.54) is 42.8 Å². The van der Waals surface area contributed by atoms with E-state index in [4.69, 9.17) is 5.73 Å². The lowest BCUT2D eigenvalue weighted by Crippen LogP contribution is -2.41. The van der Waals surface area contributed by atoms with Crippen molar-refractivity contribution in [1.29, 1.82) is 0 Å². The van der Waals surface area contributed by atoms with Crippen molar-refractivity contribution in [2.75, 3.05) is 7.05 Å². The van der Waals surface area contributed by atoms with Gasteiger partial charge < -0.3 is 5.73 Å². The molecule has 5 nitrogen and oxygen atoms in total. The molecule has 4 rings (SSSR count). The number of halogens is 3. The Balaban J connectivity index is 2.04. The number of benzene rings is 1. The Bertz CT molecular complexity index is 1130. The fourth-order valence-electron chi connectivity index (χ4n) is 3.40. The van der Waals surface area contributed by atoms with Crippen molar-refractivity contribution < 1.29 is 18.0 Å². The Morgan fingerprint density at radius 3 is 2.62 bits per heavy atom. The summed E-state index contributed by atoms with van der Waals surface area (Å²) in [5, 5.41) is 3.47. The number of hydrogen-bond acceptors (Lipinski definition) is 5. The molecular weight excluding hydrogens is 401 g/mol. The number of thiophene rings is 1. The van der Waals surface area contributed by atoms with E-state index in [2.05, 4.69) is 9.98 Å². The molecule has 1 atom stereocenters. The number of rotatable bonds is 4. The minimum absolute atomic E-state index is 0.0542. The number of aliphatic imine (C=N–C) groups is 1. The first-order valence-corrected chi connectivity index (χ1v) is 9.49. The summed E-state index contributed by atoms with van der Waals surface area (Å²) in [5.41, 5.74) is 4.70. The van der Waals surface area contributed by atoms with Gasteiger partial charge in [-0.1, -0.05) is 0 Å². The number of likely N-dealkylation sites (N-methyl/N-ethyl adjacent to an activating group) is 1. The van der Waals surface area contributed by atoms with Crippen molar-refractivity contribution in [3.8, 4) is 11.1 Å². The first-order chi connectivity index (χ1) is 13.9. The summed E-state index contributed by atoms with van der Waals surface area (Å²) in [7, 11) is 1.40. The lowest BCUT2D eigenvalue weighted by atomic mass is 9.81. The molecule has 0 fully saturated rings. The van der Waals surface area contributed by atoms with E-state index in [0.717, 1.165) is 11.0 Å². The van der Waals surface area contributed by atoms with Gasteiger partial charge in [0.05, 0.1) is 5.69 Å². The van der Waals surface area contributed by atoms with Crippen molar-refractivity contribution in [2.24, 2.45) is 10.7 Å². The summed E-state index contributed by atoms with van der Waals surface area (Å²) >= 11 is 1.35. The van der Waals surface area contributed by atoms with Crippen LogP contribution in [0.25, 0.3) is 11.1 Å². The Morgan fingerprint density at radius 1 is 1.21 bits per heavy atom. The maximum atomic E-state index is 15.1. The molecule has 3 heterocycles. The summed E-state index contributed by atoms with van der Waals surface area (Å²) in [5.74, 6) is -2.49. The van der Waals surface area contributed by atoms with Gasteiger partial charge in [-0.15, -0.1) is 0 Å². The molecule has 0 spiro atoms. The second-order valence-electron chi connectivity index (χ2n) is 6.54. The average Bonchev–Trinajstić information content (AvgIpc) is 3.32. The molecule has 0 aliphatic carbocycles. The third-order valence-electron chi connectivity index (χ3n) is 4.89. The van der Waals surface area contributed by atoms with Crippen molar-refractivity contribution in [3.63, 3.8) is 0 Å². The molecule has 29 heavy (non-hydrogen) atoms. The second kappa shape index (κ2) is 7.00. The van der Waals surface area contributed by atoms with Crippen LogP contribution in [0, 0.1) is 11.6 Å². The van der Waals surface area contributed by atoms with Crippen LogP contribution in [0.3, 0.4) is 0 Å². The lowest BCUT2D eigenvalue weighted by Gasteiger charge is -2.27. The Hall–Kier alpha value is -3.20. The molecule has 1 amide bonds. The number of carbonyl (C=O) groups is 1. The normalized spacial score (nSPS) is 19.0. The van der Waals surface area contributed by atoms with Crippen LogP contribution in [0.15, 0.2) is 52.3 Å². The molecule has 2 aromatic heterocycles. The third-order valence-corrected chi connectivity index (χ3v) is 5.57. The molecule has 148 valence electrons. The van der Waals surface area contributed by atoms with Crippen molar-refractivity contribution >= 4 is 23.2 Å². The summed E-state index contributed by atoms with van der Waals surface area (Å²) in [6, 6.07) is 6.45. The quantitative estimate of drug-likeness (QED) is 0.707. The van der Waals surface area contributed by atoms with E-state index >= 15 is 4.39 Å². The molecule has 9 heteroatoms. The van der Waals surface area contributed by atoms with Crippen LogP contribution in [-0.4, -0.2) is 28.8 Å². The number of nitrogens with zero attached hydrogens (tertiary/aromatic N) is 3. The zero-order chi connectivity index (χ0) is 20.8. The number of alkyl halides is 1. The first-order valence-electron chi connectivity index (χ1n) is 8.55. The third kappa shape index (κ3) is 2.89. The predicted octanol–water partition coefficient (Wildman–Crippen LogP) is 3.59. The Kier molecular flexibility index (Phi) is 4.62. The van der Waals surface area contributed by atoms with Gasteiger partial charge in [0.15, 0.2) is 11.5 Å². The number of carbonyl (C=O) groups excluding carboxylic acids is 1. The van der Waals surface area contributed by atoms with Crippen LogP contribution in [-0.2, 0) is 17.0 Å². The van der Waals surface area contributed by atoms with Gasteiger partial charge in [-0.05, 0) is 46.2 Å². The molecule has 2 N–H and O–H groups in total. The van der Waals surface area contributed by atoms with Crippen LogP contribution in [0.1, 0.15) is 16.8 Å². The summed E-state index contributed by atoms with van der Waals surface area (Å²) in [4.78, 5) is 22.5. The smallest absolute Gasteiger partial charge is 0.266 e. The van der Waals surface area contributed by atoms with Gasteiger partial charge in [0, 0.05) is 30.4 Å². The Labute approximate surface area is 168 Å². The highest BCUT2D eigenvalue weighted by Crippen LogP contribution is 2.42. The summed E-state index contributed by atoms with van der Waals surface area (Å²) in [6.07, 6.45) is 1.31. The van der Waals surface area contributed by atoms with Crippen LogP contribution in [0.4, 0.5) is 13.2 Å². The molecule has 3 aromatic rings. The van der Waals surface area contributed by atoms with Crippen molar-refractivity contribution in [3.05, 3.63) is 75.7 Å². The molecular formula is C20H15F3N4OS. The molecule has 0 saturated carbocycles. The molecule has 1 aromatic carbocycles. The number of nitrogens with two attached hydrogens (primary N) is 1. The maximum absolute atomic E-state index is 15.1. The van der Waals surface area contributed by atoms with E-state index in [1.807, 2.05) is 0 Å². The summed E-state index contributed by atoms with van der Waals surface area (Å²) in [6.45, 7) is -0.876. The number of aromatic nitrogens is 1. The van der Waals surface area contributed by atoms with Crippen LogP contribution in [0.2, 0.25) is 0 Å². The fourth-order valence-corrected chi connectivity index (χ4v) is 4.06. The second-order valence-corrected chi connectivity index (χ2v) is 7.32. The molecule has 0 bridgehead atoms. The van der Waals surface area contributed by atoms with Gasteiger partial charge >= 0.3 is 0 Å². The van der Waals surface area contributed by atoms with Gasteiger partial charge in [0.1, 0.15) is 18.3 Å². The van der Waals surface area contributed by atoms with E-state index < -0.39 is 29.8 Å². The highest BCUT2D eigenvalue weighted by Gasteiger charge is 2.51. The zero-order valence-corrected chi connectivity index (χ0v) is 16.0. The van der Waals surface area contributed by atoms with Gasteiger partial charge in [0.25, 0.3) is 5.91 Å². The first kappa shape index (κ1) is 19.1. The highest BCUT2D eigenvalue weighted by molar-refractivity contribution is 7.08. The lowest BCUT2D eigenvalue weighted by molar-refractivity contribution is -0.129. The van der Waals surface area contributed by atoms with E-state index in [1.54, 1.807) is 16.8 Å². The number of guanidine groups is 1. The minimum atomic E-state index is -1.91. The molecule has 1 aliphatic rings. The number of pyridine rings is 1. The number of amides is 1. The van der Waals surface area contributed by atoms with Gasteiger partial charge in [-0.25, -0.2) is 18.2 Å². The van der Waals surface area contributed by atoms with E-state index in [9.17, 15) is 13.6 Å². The van der Waals surface area contributed by atoms with E-state index in [-0.39, 0.29) is 28.3 Å². The Morgan fingerprint density at radius 2 is 2.00 bits per heavy atom. The van der Waals surface area contributed by atoms with Crippen molar-refractivity contribution in [1.82, 2.24) is 9.88 Å². The summed E-state index contributed by atoms with van der Waals surface area (Å²) < 4.78 is 42.8. The van der Waals surface area contributed by atoms with Crippen molar-refractivity contribution in [2.45, 2.75) is 12.2 Å². The average molecular weight is 416 g/mol. The maximum Gasteiger partial charge on any atom is 0.266 e. The zero-order valence-electron chi connectivity index (χ0n) is 15.2. The van der Waals surface area contributed by atoms with Gasteiger partial charge in [-0.2, -0.15) is 11.3 Å². The highest BCUT2D eigenvalue weighted by atomic mass is 32.1. The molecule has 1 aliphatic heterocycles. The number of hydrogen-bond donors (Lipinski definition) is 1. The van der Waals surface area contributed by atoms with Gasteiger partial charge in [-0.3, -0.25) is 14.7 Å². The monoisotopic (exact) mass is 416 g/mol. The van der Waals surface area contributed by atoms with Crippen LogP contribution < -0.4 is 5.73 Å². The van der Waals surface area contributed by atoms with Gasteiger partial charge in [0.2, 0.25) is 0 Å².